The molecule has 1 atom stereocenters. The Labute approximate surface area is 60.3 Å². The fraction of sp³-hybridized carbons (Fsp3) is 1.00. The summed E-state index contributed by atoms with van der Waals surface area (Å²) in [4.78, 5) is 0. The van der Waals surface area contributed by atoms with E-state index in [4.69, 9.17) is 0 Å². The minimum atomic E-state index is -0.137. The molecule has 1 heterocycles. The first-order chi connectivity index (χ1) is 4.17. The predicted octanol–water partition coefficient (Wildman–Crippen LogP) is 2.62. The summed E-state index contributed by atoms with van der Waals surface area (Å²) in [5.74, 6) is 1.53. The molecule has 0 N–H and O–H groups in total. The molecule has 1 heteroatoms. The highest BCUT2D eigenvalue weighted by atomic mass is 32.3. The zero-order valence-electron chi connectivity index (χ0n) is 6.81. The van der Waals surface area contributed by atoms with Gasteiger partial charge < -0.3 is 0 Å². The van der Waals surface area contributed by atoms with Crippen LogP contribution in [0.25, 0.3) is 0 Å². The largest absolute Gasteiger partial charge is 0.244 e. The average molecular weight is 146 g/mol. The molecule has 0 aromatic rings. The van der Waals surface area contributed by atoms with Crippen molar-refractivity contribution in [1.29, 1.82) is 0 Å². The van der Waals surface area contributed by atoms with Gasteiger partial charge in [-0.2, -0.15) is 0 Å². The molecule has 0 radical (unpaired) electrons. The molecule has 1 aliphatic rings. The highest BCUT2D eigenvalue weighted by Crippen LogP contribution is 2.54. The molecule has 0 nitrogen and oxygen atoms in total. The van der Waals surface area contributed by atoms with Gasteiger partial charge in [0.15, 0.2) is 0 Å². The topological polar surface area (TPSA) is 0 Å². The van der Waals surface area contributed by atoms with E-state index in [0.29, 0.717) is 0 Å². The lowest BCUT2D eigenvalue weighted by molar-refractivity contribution is 0.756. The molecule has 0 amide bonds. The lowest BCUT2D eigenvalue weighted by atomic mass is 10.2. The maximum absolute atomic E-state index is 2.49. The van der Waals surface area contributed by atoms with E-state index in [1.165, 1.54) is 25.0 Å². The molecule has 0 saturated carbocycles. The van der Waals surface area contributed by atoms with Crippen LogP contribution in [-0.2, 0) is 0 Å². The van der Waals surface area contributed by atoms with Crippen molar-refractivity contribution in [3.05, 3.63) is 0 Å². The summed E-state index contributed by atoms with van der Waals surface area (Å²) in [6, 6.07) is 0. The molecule has 1 saturated heterocycles. The van der Waals surface area contributed by atoms with Crippen LogP contribution in [0.2, 0.25) is 0 Å². The molecule has 56 valence electrons. The van der Waals surface area contributed by atoms with Gasteiger partial charge in [-0.3, -0.25) is 0 Å². The van der Waals surface area contributed by atoms with Gasteiger partial charge in [0.2, 0.25) is 0 Å². The minimum absolute atomic E-state index is 0.137. The van der Waals surface area contributed by atoms with E-state index in [9.17, 15) is 0 Å². The van der Waals surface area contributed by atoms with Crippen LogP contribution < -0.4 is 0 Å². The summed E-state index contributed by atoms with van der Waals surface area (Å²) in [6.45, 7) is 2.34. The SMILES string of the molecule is CCC1CCCS1(C)C. The summed E-state index contributed by atoms with van der Waals surface area (Å²) in [7, 11) is -0.137. The first-order valence-electron chi connectivity index (χ1n) is 3.86. The Bertz CT molecular complexity index is 96.7. The molecular formula is C8H18S. The van der Waals surface area contributed by atoms with Crippen molar-refractivity contribution in [3.63, 3.8) is 0 Å². The van der Waals surface area contributed by atoms with Gasteiger partial charge in [0.05, 0.1) is 0 Å². The van der Waals surface area contributed by atoms with Gasteiger partial charge in [-0.25, -0.2) is 10.0 Å². The summed E-state index contributed by atoms with van der Waals surface area (Å²) in [5.41, 5.74) is 0. The van der Waals surface area contributed by atoms with E-state index < -0.39 is 0 Å². The van der Waals surface area contributed by atoms with Crippen molar-refractivity contribution < 1.29 is 0 Å². The zero-order valence-corrected chi connectivity index (χ0v) is 7.63. The fourth-order valence-electron chi connectivity index (χ4n) is 1.82. The average Bonchev–Trinajstić information content (AvgIpc) is 2.08. The maximum atomic E-state index is 2.49. The van der Waals surface area contributed by atoms with Gasteiger partial charge in [0, 0.05) is 0 Å². The molecule has 0 bridgehead atoms. The minimum Gasteiger partial charge on any atom is -0.244 e. The Hall–Kier alpha value is 0.350. The van der Waals surface area contributed by atoms with Crippen LogP contribution in [0.3, 0.4) is 0 Å². The standard InChI is InChI=1S/C8H18S/c1-4-8-6-5-7-9(8,2)3/h8H,4-7H2,1-3H3. The molecule has 0 aliphatic carbocycles. The molecule has 1 fully saturated rings. The first-order valence-corrected chi connectivity index (χ1v) is 6.55. The van der Waals surface area contributed by atoms with Gasteiger partial charge in [0.25, 0.3) is 0 Å². The van der Waals surface area contributed by atoms with Crippen molar-refractivity contribution in [2.45, 2.75) is 31.4 Å². The van der Waals surface area contributed by atoms with Crippen LogP contribution in [0.1, 0.15) is 26.2 Å². The Morgan fingerprint density at radius 2 is 2.11 bits per heavy atom. The van der Waals surface area contributed by atoms with Crippen LogP contribution in [0.4, 0.5) is 0 Å². The van der Waals surface area contributed by atoms with Gasteiger partial charge >= 0.3 is 0 Å². The van der Waals surface area contributed by atoms with Gasteiger partial charge in [-0.15, -0.1) is 0 Å². The van der Waals surface area contributed by atoms with Crippen molar-refractivity contribution in [1.82, 2.24) is 0 Å². The molecule has 1 rings (SSSR count). The molecule has 9 heavy (non-hydrogen) atoms. The highest BCUT2D eigenvalue weighted by Gasteiger charge is 2.27. The third-order valence-corrected chi connectivity index (χ3v) is 6.27. The lowest BCUT2D eigenvalue weighted by Gasteiger charge is -2.32. The summed E-state index contributed by atoms with van der Waals surface area (Å²) in [5, 5.41) is 1.09. The molecule has 0 aromatic carbocycles. The van der Waals surface area contributed by atoms with Gasteiger partial charge in [-0.1, -0.05) is 6.92 Å². The number of hydrogen-bond donors (Lipinski definition) is 0. The van der Waals surface area contributed by atoms with Crippen molar-refractivity contribution in [2.24, 2.45) is 0 Å². The molecule has 0 spiro atoms. The smallest absolute Gasteiger partial charge is 0.0119 e. The second-order valence-electron chi connectivity index (χ2n) is 3.50. The number of rotatable bonds is 1. The fourth-order valence-corrected chi connectivity index (χ4v) is 4.78. The van der Waals surface area contributed by atoms with Crippen molar-refractivity contribution in [2.75, 3.05) is 18.3 Å². The quantitative estimate of drug-likeness (QED) is 0.533. The van der Waals surface area contributed by atoms with Crippen LogP contribution in [0, 0.1) is 0 Å². The normalized spacial score (nSPS) is 36.6. The Balaban J connectivity index is 2.52. The number of hydrogen-bond acceptors (Lipinski definition) is 0. The molecule has 0 aromatic heterocycles. The summed E-state index contributed by atoms with van der Waals surface area (Å²) >= 11 is 0. The van der Waals surface area contributed by atoms with E-state index in [1.54, 1.807) is 0 Å². The van der Waals surface area contributed by atoms with E-state index in [1.807, 2.05) is 0 Å². The highest BCUT2D eigenvalue weighted by molar-refractivity contribution is 8.33. The van der Waals surface area contributed by atoms with Crippen LogP contribution in [-0.4, -0.2) is 23.5 Å². The monoisotopic (exact) mass is 146 g/mol. The summed E-state index contributed by atoms with van der Waals surface area (Å²) in [6.07, 6.45) is 9.42. The predicted molar refractivity (Wildman–Crippen MR) is 47.6 cm³/mol. The van der Waals surface area contributed by atoms with Crippen LogP contribution >= 0.6 is 10.0 Å². The van der Waals surface area contributed by atoms with E-state index in [0.717, 1.165) is 5.25 Å². The summed E-state index contributed by atoms with van der Waals surface area (Å²) < 4.78 is 0. The van der Waals surface area contributed by atoms with Crippen molar-refractivity contribution >= 4 is 10.0 Å². The Morgan fingerprint density at radius 3 is 2.33 bits per heavy atom. The van der Waals surface area contributed by atoms with E-state index in [-0.39, 0.29) is 10.0 Å². The Kier molecular flexibility index (Phi) is 2.10. The van der Waals surface area contributed by atoms with Crippen LogP contribution in [0.5, 0.6) is 0 Å². The van der Waals surface area contributed by atoms with E-state index in [2.05, 4.69) is 19.4 Å². The zero-order chi connectivity index (χ0) is 6.91. The molecule has 1 unspecified atom stereocenters. The molecular weight excluding hydrogens is 128 g/mol. The Morgan fingerprint density at radius 1 is 1.44 bits per heavy atom. The van der Waals surface area contributed by atoms with Gasteiger partial charge in [0.1, 0.15) is 0 Å². The third-order valence-electron chi connectivity index (χ3n) is 2.55. The first kappa shape index (κ1) is 7.46. The lowest BCUT2D eigenvalue weighted by Crippen LogP contribution is -2.09. The maximum Gasteiger partial charge on any atom is -0.0119 e. The van der Waals surface area contributed by atoms with E-state index >= 15 is 0 Å². The second kappa shape index (κ2) is 2.53. The molecule has 1 aliphatic heterocycles. The van der Waals surface area contributed by atoms with Crippen molar-refractivity contribution in [3.8, 4) is 0 Å². The van der Waals surface area contributed by atoms with Gasteiger partial charge in [-0.05, 0) is 42.8 Å². The second-order valence-corrected chi connectivity index (χ2v) is 7.82. The third kappa shape index (κ3) is 1.43. The van der Waals surface area contributed by atoms with Crippen LogP contribution in [0.15, 0.2) is 0 Å².